The molecule has 0 aromatic rings. The Kier molecular flexibility index (Phi) is 27.7. The van der Waals surface area contributed by atoms with E-state index >= 15 is 0 Å². The maximum absolute atomic E-state index is 12.7. The molecule has 1 heterocycles. The minimum Gasteiger partial charge on any atom is -0.462 e. The van der Waals surface area contributed by atoms with Crippen LogP contribution in [0.25, 0.3) is 0 Å². The molecule has 0 bridgehead atoms. The smallest absolute Gasteiger partial charge is 0.306 e. The first-order valence-electron chi connectivity index (χ1n) is 19.0. The Morgan fingerprint density at radius 2 is 1.17 bits per heavy atom. The topological polar surface area (TPSA) is 152 Å². The Bertz CT molecular complexity index is 856. The second-order valence-corrected chi connectivity index (χ2v) is 13.1. The number of carbonyl (C=O) groups excluding carboxylic acids is 2. The molecule has 0 spiro atoms. The van der Waals surface area contributed by atoms with Gasteiger partial charge in [-0.15, -0.1) is 5.73 Å². The van der Waals surface area contributed by atoms with E-state index in [4.69, 9.17) is 18.9 Å². The molecule has 0 radical (unpaired) electrons. The van der Waals surface area contributed by atoms with Crippen LogP contribution >= 0.6 is 0 Å². The third-order valence-corrected chi connectivity index (χ3v) is 8.67. The molecular formula is C38H68O10. The van der Waals surface area contributed by atoms with Crippen molar-refractivity contribution in [3.63, 3.8) is 0 Å². The number of aliphatic hydroxyl groups is 4. The van der Waals surface area contributed by atoms with Gasteiger partial charge in [-0.1, -0.05) is 104 Å². The maximum Gasteiger partial charge on any atom is 0.306 e. The summed E-state index contributed by atoms with van der Waals surface area (Å²) in [5, 5.41) is 39.8. The van der Waals surface area contributed by atoms with Gasteiger partial charge in [0.05, 0.1) is 13.2 Å². The molecule has 0 saturated carbocycles. The number of hydrogen-bond acceptors (Lipinski definition) is 10. The lowest BCUT2D eigenvalue weighted by molar-refractivity contribution is -0.305. The number of ether oxygens (including phenoxy) is 4. The van der Waals surface area contributed by atoms with E-state index in [9.17, 15) is 30.0 Å². The van der Waals surface area contributed by atoms with Crippen molar-refractivity contribution < 1.29 is 49.0 Å². The fraction of sp³-hybridized carbons (Fsp3) is 0.868. The van der Waals surface area contributed by atoms with Crippen molar-refractivity contribution in [3.05, 3.63) is 17.9 Å². The number of aliphatic hydroxyl groups excluding tert-OH is 4. The molecule has 0 aromatic heterocycles. The second-order valence-electron chi connectivity index (χ2n) is 13.1. The molecule has 0 amide bonds. The van der Waals surface area contributed by atoms with Gasteiger partial charge in [-0.2, -0.15) is 0 Å². The zero-order valence-electron chi connectivity index (χ0n) is 30.0. The predicted octanol–water partition coefficient (Wildman–Crippen LogP) is 6.59. The molecule has 1 rings (SSSR count). The zero-order valence-corrected chi connectivity index (χ0v) is 30.0. The van der Waals surface area contributed by atoms with Crippen LogP contribution in [-0.4, -0.2) is 89.0 Å². The van der Waals surface area contributed by atoms with Gasteiger partial charge in [-0.05, 0) is 50.7 Å². The molecule has 0 aliphatic carbocycles. The first kappa shape index (κ1) is 44.2. The standard InChI is InChI=1S/C38H68O10/c1-3-5-7-9-11-13-14-15-16-17-18-19-21-23-25-27-34(41)47-31(29-45-33(40)26-24-22-20-12-10-8-6-4-2)30-46-38-37(44)36(43)35(42)32(28-39)48-38/h14,16,31-32,35-39,42-44H,3-13,17-30H2,1-2H3/t15?,31-,32-,35+,36?,37?,38-/m1/s1. The Morgan fingerprint density at radius 3 is 1.71 bits per heavy atom. The van der Waals surface area contributed by atoms with Crippen molar-refractivity contribution in [2.75, 3.05) is 19.8 Å². The van der Waals surface area contributed by atoms with Gasteiger partial charge in [-0.3, -0.25) is 9.59 Å². The Hall–Kier alpha value is -1.78. The summed E-state index contributed by atoms with van der Waals surface area (Å²) in [7, 11) is 0. The Morgan fingerprint density at radius 1 is 0.667 bits per heavy atom. The molecule has 2 unspecified atom stereocenters. The van der Waals surface area contributed by atoms with E-state index in [2.05, 4.69) is 31.7 Å². The Balaban J connectivity index is 2.41. The van der Waals surface area contributed by atoms with E-state index in [-0.39, 0.29) is 32.0 Å². The number of hydrogen-bond donors (Lipinski definition) is 4. The average Bonchev–Trinajstić information content (AvgIpc) is 3.08. The van der Waals surface area contributed by atoms with Crippen molar-refractivity contribution >= 4 is 11.9 Å². The van der Waals surface area contributed by atoms with Gasteiger partial charge in [0.1, 0.15) is 31.0 Å². The average molecular weight is 685 g/mol. The van der Waals surface area contributed by atoms with E-state index in [1.165, 1.54) is 57.8 Å². The third kappa shape index (κ3) is 22.0. The lowest BCUT2D eigenvalue weighted by Crippen LogP contribution is -2.59. The van der Waals surface area contributed by atoms with Crippen molar-refractivity contribution in [1.29, 1.82) is 0 Å². The van der Waals surface area contributed by atoms with Crippen LogP contribution in [0.4, 0.5) is 0 Å². The summed E-state index contributed by atoms with van der Waals surface area (Å²) in [6, 6.07) is 0. The molecule has 4 N–H and O–H groups in total. The molecule has 6 atom stereocenters. The highest BCUT2D eigenvalue weighted by atomic mass is 16.7. The highest BCUT2D eigenvalue weighted by molar-refractivity contribution is 5.70. The van der Waals surface area contributed by atoms with Gasteiger partial charge in [0.15, 0.2) is 12.4 Å². The fourth-order valence-corrected chi connectivity index (χ4v) is 5.58. The van der Waals surface area contributed by atoms with E-state index < -0.39 is 49.4 Å². The minimum atomic E-state index is -1.59. The van der Waals surface area contributed by atoms with Gasteiger partial charge in [-0.25, -0.2) is 0 Å². The number of carbonyl (C=O) groups is 2. The number of unbranched alkanes of at least 4 members (excludes halogenated alkanes) is 17. The quantitative estimate of drug-likeness (QED) is 0.0370. The highest BCUT2D eigenvalue weighted by Crippen LogP contribution is 2.22. The molecule has 1 aliphatic heterocycles. The van der Waals surface area contributed by atoms with E-state index in [0.717, 1.165) is 64.2 Å². The summed E-state index contributed by atoms with van der Waals surface area (Å²) in [5.74, 6) is -0.832. The summed E-state index contributed by atoms with van der Waals surface area (Å²) in [5.41, 5.74) is 3.28. The van der Waals surface area contributed by atoms with Crippen LogP contribution in [0.3, 0.4) is 0 Å². The van der Waals surface area contributed by atoms with Crippen molar-refractivity contribution in [2.24, 2.45) is 0 Å². The molecule has 0 aromatic carbocycles. The molecule has 48 heavy (non-hydrogen) atoms. The summed E-state index contributed by atoms with van der Waals surface area (Å²) in [4.78, 5) is 25.0. The zero-order chi connectivity index (χ0) is 35.2. The van der Waals surface area contributed by atoms with Crippen LogP contribution in [0.2, 0.25) is 0 Å². The number of allylic oxidation sites excluding steroid dienone is 1. The highest BCUT2D eigenvalue weighted by Gasteiger charge is 2.44. The van der Waals surface area contributed by atoms with Crippen molar-refractivity contribution in [2.45, 2.75) is 192 Å². The van der Waals surface area contributed by atoms with Crippen LogP contribution < -0.4 is 0 Å². The molecule has 10 nitrogen and oxygen atoms in total. The summed E-state index contributed by atoms with van der Waals surface area (Å²) < 4.78 is 22.0. The monoisotopic (exact) mass is 684 g/mol. The van der Waals surface area contributed by atoms with Crippen LogP contribution in [0.15, 0.2) is 17.9 Å². The predicted molar refractivity (Wildman–Crippen MR) is 186 cm³/mol. The van der Waals surface area contributed by atoms with Crippen LogP contribution in [0, 0.1) is 0 Å². The number of rotatable bonds is 30. The van der Waals surface area contributed by atoms with Gasteiger partial charge in [0.25, 0.3) is 0 Å². The second kappa shape index (κ2) is 30.1. The van der Waals surface area contributed by atoms with Crippen molar-refractivity contribution in [3.8, 4) is 0 Å². The maximum atomic E-state index is 12.7. The summed E-state index contributed by atoms with van der Waals surface area (Å²) in [6.07, 6.45) is 18.7. The first-order valence-corrected chi connectivity index (χ1v) is 19.0. The van der Waals surface area contributed by atoms with Gasteiger partial charge < -0.3 is 39.4 Å². The van der Waals surface area contributed by atoms with Crippen LogP contribution in [0.5, 0.6) is 0 Å². The molecule has 1 fully saturated rings. The van der Waals surface area contributed by atoms with Gasteiger partial charge in [0, 0.05) is 12.8 Å². The van der Waals surface area contributed by atoms with E-state index in [1.54, 1.807) is 0 Å². The largest absolute Gasteiger partial charge is 0.462 e. The minimum absolute atomic E-state index is 0.212. The lowest BCUT2D eigenvalue weighted by Gasteiger charge is -2.39. The molecule has 1 aliphatic rings. The molecule has 10 heteroatoms. The summed E-state index contributed by atoms with van der Waals surface area (Å²) >= 11 is 0. The molecule has 280 valence electrons. The summed E-state index contributed by atoms with van der Waals surface area (Å²) in [6.45, 7) is 3.33. The van der Waals surface area contributed by atoms with Crippen molar-refractivity contribution in [1.82, 2.24) is 0 Å². The van der Waals surface area contributed by atoms with E-state index in [0.29, 0.717) is 6.42 Å². The molecule has 1 saturated heterocycles. The Labute approximate surface area is 290 Å². The number of esters is 2. The normalized spacial score (nSPS) is 21.3. The first-order chi connectivity index (χ1) is 23.3. The third-order valence-electron chi connectivity index (χ3n) is 8.67. The molecular weight excluding hydrogens is 616 g/mol. The van der Waals surface area contributed by atoms with Gasteiger partial charge in [0.2, 0.25) is 0 Å². The lowest BCUT2D eigenvalue weighted by atomic mass is 9.99. The van der Waals surface area contributed by atoms with Gasteiger partial charge >= 0.3 is 11.9 Å². The SMILES string of the molecule is CCCCCCCC=C=CCCCCCCCC(=O)O[C@H](COC(=O)CCCCCCCCCC)CO[C@@H]1O[C@H](CO)[C@H](O)C(O)C1O. The van der Waals surface area contributed by atoms with Crippen LogP contribution in [-0.2, 0) is 28.5 Å². The van der Waals surface area contributed by atoms with E-state index in [1.807, 2.05) is 0 Å². The van der Waals surface area contributed by atoms with Crippen LogP contribution in [0.1, 0.15) is 155 Å². The fourth-order valence-electron chi connectivity index (χ4n) is 5.58.